The zero-order valence-electron chi connectivity index (χ0n) is 14.8. The maximum absolute atomic E-state index is 11.9. The molecule has 1 aromatic rings. The zero-order chi connectivity index (χ0) is 17.7. The lowest BCUT2D eigenvalue weighted by Gasteiger charge is -2.31. The minimum Gasteiger partial charge on any atom is -0.493 e. The number of amides is 1. The Morgan fingerprint density at radius 3 is 2.64 bits per heavy atom. The third-order valence-electron chi connectivity index (χ3n) is 5.00. The lowest BCUT2D eigenvalue weighted by Crippen LogP contribution is -2.33. The molecule has 1 N–H and O–H groups in total. The Kier molecular flexibility index (Phi) is 5.81. The molecule has 1 aromatic carbocycles. The monoisotopic (exact) mass is 349 g/mol. The third kappa shape index (κ3) is 4.64. The van der Waals surface area contributed by atoms with Crippen LogP contribution in [0.25, 0.3) is 0 Å². The molecule has 0 bridgehead atoms. The minimum absolute atomic E-state index is 0.232. The number of carbonyl (C=O) groups excluding carboxylic acids is 1. The van der Waals surface area contributed by atoms with Crippen molar-refractivity contribution < 1.29 is 24.1 Å². The van der Waals surface area contributed by atoms with Gasteiger partial charge >= 0.3 is 6.09 Å². The quantitative estimate of drug-likeness (QED) is 0.819. The Morgan fingerprint density at radius 2 is 1.96 bits per heavy atom. The van der Waals surface area contributed by atoms with E-state index in [1.54, 1.807) is 12.0 Å². The average molecular weight is 349 g/mol. The lowest BCUT2D eigenvalue weighted by atomic mass is 9.83. The number of ether oxygens (including phenoxy) is 3. The summed E-state index contributed by atoms with van der Waals surface area (Å²) in [6.45, 7) is 1.38. The van der Waals surface area contributed by atoms with Crippen molar-refractivity contribution >= 4 is 11.8 Å². The molecule has 1 saturated heterocycles. The smallest absolute Gasteiger partial charge is 0.414 e. The molecule has 1 aliphatic heterocycles. The van der Waals surface area contributed by atoms with E-state index in [0.29, 0.717) is 26.2 Å². The van der Waals surface area contributed by atoms with Gasteiger partial charge in [-0.25, -0.2) is 4.79 Å². The molecule has 1 atom stereocenters. The number of rotatable bonds is 7. The Hall–Kier alpha value is -1.79. The number of methoxy groups -OCH3 is 1. The topological polar surface area (TPSA) is 68.2 Å². The van der Waals surface area contributed by atoms with E-state index < -0.39 is 5.60 Å². The first-order valence-corrected chi connectivity index (χ1v) is 9.02. The van der Waals surface area contributed by atoms with Crippen LogP contribution >= 0.6 is 0 Å². The van der Waals surface area contributed by atoms with Crippen LogP contribution in [0, 0.1) is 0 Å². The second kappa shape index (κ2) is 8.06. The summed E-state index contributed by atoms with van der Waals surface area (Å²) in [5, 5.41) is 10.5. The second-order valence-electron chi connectivity index (χ2n) is 6.95. The Bertz CT molecular complexity index is 568. The maximum atomic E-state index is 11.9. The predicted molar refractivity (Wildman–Crippen MR) is 94.1 cm³/mol. The first kappa shape index (κ1) is 18.0. The van der Waals surface area contributed by atoms with Gasteiger partial charge in [-0.1, -0.05) is 19.3 Å². The molecule has 0 unspecified atom stereocenters. The van der Waals surface area contributed by atoms with Crippen LogP contribution in [0.2, 0.25) is 0 Å². The summed E-state index contributed by atoms with van der Waals surface area (Å²) in [6.07, 6.45) is 5.23. The molecule has 2 aliphatic rings. The highest BCUT2D eigenvalue weighted by Crippen LogP contribution is 2.31. The standard InChI is InChI=1S/C19H27NO5/c1-23-14-17-13-20(18(21)25-17)15-5-7-16(8-6-15)24-12-11-19(22)9-3-2-4-10-19/h5-8,17,22H,2-4,9-14H2,1H3/t17-/m1/s1. The van der Waals surface area contributed by atoms with Crippen molar-refractivity contribution in [2.45, 2.75) is 50.2 Å². The van der Waals surface area contributed by atoms with Gasteiger partial charge in [0.2, 0.25) is 0 Å². The molecule has 1 aliphatic carbocycles. The Morgan fingerprint density at radius 1 is 1.24 bits per heavy atom. The number of benzene rings is 1. The first-order chi connectivity index (χ1) is 12.1. The lowest BCUT2D eigenvalue weighted by molar-refractivity contribution is -0.0135. The van der Waals surface area contributed by atoms with E-state index >= 15 is 0 Å². The van der Waals surface area contributed by atoms with Crippen molar-refractivity contribution in [3.63, 3.8) is 0 Å². The molecule has 6 heteroatoms. The van der Waals surface area contributed by atoms with E-state index in [4.69, 9.17) is 14.2 Å². The summed E-state index contributed by atoms with van der Waals surface area (Å²) in [5.41, 5.74) is 0.218. The van der Waals surface area contributed by atoms with Gasteiger partial charge in [0.05, 0.1) is 25.4 Å². The molecule has 1 amide bonds. The van der Waals surface area contributed by atoms with Crippen LogP contribution in [0.1, 0.15) is 38.5 Å². The molecular formula is C19H27NO5. The van der Waals surface area contributed by atoms with E-state index in [1.807, 2.05) is 24.3 Å². The van der Waals surface area contributed by atoms with Crippen LogP contribution < -0.4 is 9.64 Å². The van der Waals surface area contributed by atoms with Crippen LogP contribution in [-0.4, -0.2) is 49.8 Å². The van der Waals surface area contributed by atoms with Gasteiger partial charge in [0.15, 0.2) is 0 Å². The van der Waals surface area contributed by atoms with E-state index in [1.165, 1.54) is 6.42 Å². The van der Waals surface area contributed by atoms with Gasteiger partial charge in [0, 0.05) is 19.2 Å². The summed E-state index contributed by atoms with van der Waals surface area (Å²) >= 11 is 0. The summed E-state index contributed by atoms with van der Waals surface area (Å²) in [4.78, 5) is 13.5. The predicted octanol–water partition coefficient (Wildman–Crippen LogP) is 3.12. The Balaban J connectivity index is 1.50. The second-order valence-corrected chi connectivity index (χ2v) is 6.95. The van der Waals surface area contributed by atoms with Crippen molar-refractivity contribution in [1.29, 1.82) is 0 Å². The van der Waals surface area contributed by atoms with Gasteiger partial charge in [-0.3, -0.25) is 4.90 Å². The maximum Gasteiger partial charge on any atom is 0.414 e. The van der Waals surface area contributed by atoms with Gasteiger partial charge in [-0.05, 0) is 37.1 Å². The zero-order valence-corrected chi connectivity index (χ0v) is 14.8. The number of carbonyl (C=O) groups is 1. The number of hydrogen-bond donors (Lipinski definition) is 1. The van der Waals surface area contributed by atoms with E-state index in [2.05, 4.69) is 0 Å². The molecule has 0 spiro atoms. The van der Waals surface area contributed by atoms with E-state index in [0.717, 1.165) is 37.1 Å². The fourth-order valence-electron chi connectivity index (χ4n) is 3.55. The summed E-state index contributed by atoms with van der Waals surface area (Å²) in [6, 6.07) is 7.39. The molecule has 0 aromatic heterocycles. The van der Waals surface area contributed by atoms with Crippen molar-refractivity contribution in [3.05, 3.63) is 24.3 Å². The SMILES string of the molecule is COC[C@H]1CN(c2ccc(OCCC3(O)CCCCC3)cc2)C(=O)O1. The molecule has 1 saturated carbocycles. The number of aliphatic hydroxyl groups is 1. The summed E-state index contributed by atoms with van der Waals surface area (Å²) in [7, 11) is 1.59. The molecule has 1 heterocycles. The highest BCUT2D eigenvalue weighted by atomic mass is 16.6. The molecule has 25 heavy (non-hydrogen) atoms. The van der Waals surface area contributed by atoms with Crippen LogP contribution in [0.3, 0.4) is 0 Å². The molecule has 0 radical (unpaired) electrons. The molecule has 2 fully saturated rings. The molecular weight excluding hydrogens is 322 g/mol. The van der Waals surface area contributed by atoms with E-state index in [-0.39, 0.29) is 12.2 Å². The fourth-order valence-corrected chi connectivity index (χ4v) is 3.55. The van der Waals surface area contributed by atoms with E-state index in [9.17, 15) is 9.90 Å². The average Bonchev–Trinajstić information content (AvgIpc) is 2.97. The van der Waals surface area contributed by atoms with Crippen LogP contribution in [0.4, 0.5) is 10.5 Å². The van der Waals surface area contributed by atoms with Crippen LogP contribution in [0.5, 0.6) is 5.75 Å². The highest BCUT2D eigenvalue weighted by molar-refractivity contribution is 5.89. The van der Waals surface area contributed by atoms with Crippen molar-refractivity contribution in [1.82, 2.24) is 0 Å². The van der Waals surface area contributed by atoms with Gasteiger partial charge < -0.3 is 19.3 Å². The normalized spacial score (nSPS) is 22.7. The van der Waals surface area contributed by atoms with Crippen molar-refractivity contribution in [2.75, 3.05) is 31.8 Å². The largest absolute Gasteiger partial charge is 0.493 e. The van der Waals surface area contributed by atoms with Crippen molar-refractivity contribution in [3.8, 4) is 5.75 Å². The highest BCUT2D eigenvalue weighted by Gasteiger charge is 2.32. The van der Waals surface area contributed by atoms with Gasteiger partial charge in [-0.2, -0.15) is 0 Å². The number of anilines is 1. The molecule has 3 rings (SSSR count). The van der Waals surface area contributed by atoms with Crippen LogP contribution in [0.15, 0.2) is 24.3 Å². The first-order valence-electron chi connectivity index (χ1n) is 9.02. The number of cyclic esters (lactones) is 1. The Labute approximate surface area is 148 Å². The number of hydrogen-bond acceptors (Lipinski definition) is 5. The number of nitrogens with zero attached hydrogens (tertiary/aromatic N) is 1. The van der Waals surface area contributed by atoms with Crippen LogP contribution in [-0.2, 0) is 9.47 Å². The summed E-state index contributed by atoms with van der Waals surface area (Å²) < 4.78 is 16.0. The molecule has 6 nitrogen and oxygen atoms in total. The van der Waals surface area contributed by atoms with Gasteiger partial charge in [-0.15, -0.1) is 0 Å². The third-order valence-corrected chi connectivity index (χ3v) is 5.00. The molecule has 138 valence electrons. The minimum atomic E-state index is -0.562. The van der Waals surface area contributed by atoms with Crippen molar-refractivity contribution in [2.24, 2.45) is 0 Å². The fraction of sp³-hybridized carbons (Fsp3) is 0.632. The summed E-state index contributed by atoms with van der Waals surface area (Å²) in [5.74, 6) is 0.740. The van der Waals surface area contributed by atoms with Gasteiger partial charge in [0.1, 0.15) is 11.9 Å². The van der Waals surface area contributed by atoms with Gasteiger partial charge in [0.25, 0.3) is 0 Å².